The molecule has 1 atom stereocenters. The average molecular weight is 383 g/mol. The molecule has 2 amide bonds. The van der Waals surface area contributed by atoms with Gasteiger partial charge in [-0.3, -0.25) is 19.7 Å². The largest absolute Gasteiger partial charge is 0.481 e. The van der Waals surface area contributed by atoms with Crippen LogP contribution in [0.2, 0.25) is 0 Å². The first kappa shape index (κ1) is 19.3. The molecule has 2 aromatic carbocycles. The summed E-state index contributed by atoms with van der Waals surface area (Å²) < 4.78 is 5.52. The van der Waals surface area contributed by atoms with Gasteiger partial charge in [0.2, 0.25) is 0 Å². The molecule has 0 saturated carbocycles. The molecule has 28 heavy (non-hydrogen) atoms. The van der Waals surface area contributed by atoms with E-state index in [1.54, 1.807) is 31.2 Å². The Labute approximate surface area is 162 Å². The van der Waals surface area contributed by atoms with Gasteiger partial charge in [-0.25, -0.2) is 0 Å². The van der Waals surface area contributed by atoms with Crippen molar-refractivity contribution in [2.75, 3.05) is 18.4 Å². The molecule has 1 heterocycles. The molecule has 1 unspecified atom stereocenters. The lowest BCUT2D eigenvalue weighted by atomic mass is 10.2. The number of amides is 2. The molecule has 2 aromatic rings. The number of nitro benzene ring substituents is 1. The lowest BCUT2D eigenvalue weighted by molar-refractivity contribution is -0.384. The van der Waals surface area contributed by atoms with Crippen LogP contribution in [0.15, 0.2) is 48.5 Å². The van der Waals surface area contributed by atoms with Crippen LogP contribution in [0.4, 0.5) is 11.4 Å². The van der Waals surface area contributed by atoms with Gasteiger partial charge in [0.25, 0.3) is 17.5 Å². The van der Waals surface area contributed by atoms with E-state index in [4.69, 9.17) is 4.74 Å². The number of nitrogens with zero attached hydrogens (tertiary/aromatic N) is 2. The summed E-state index contributed by atoms with van der Waals surface area (Å²) in [4.78, 5) is 36.6. The maximum atomic E-state index is 12.3. The molecule has 1 N–H and O–H groups in total. The molecule has 1 aliphatic heterocycles. The first-order chi connectivity index (χ1) is 13.4. The Morgan fingerprint density at radius 1 is 1.07 bits per heavy atom. The monoisotopic (exact) mass is 383 g/mol. The van der Waals surface area contributed by atoms with Gasteiger partial charge in [0.1, 0.15) is 5.75 Å². The van der Waals surface area contributed by atoms with Crippen LogP contribution < -0.4 is 10.1 Å². The van der Waals surface area contributed by atoms with Gasteiger partial charge >= 0.3 is 0 Å². The van der Waals surface area contributed by atoms with Gasteiger partial charge in [-0.05, 0) is 56.2 Å². The zero-order chi connectivity index (χ0) is 20.1. The van der Waals surface area contributed by atoms with E-state index >= 15 is 0 Å². The minimum absolute atomic E-state index is 0.00486. The van der Waals surface area contributed by atoms with Crippen LogP contribution in [0.5, 0.6) is 5.75 Å². The van der Waals surface area contributed by atoms with Crippen molar-refractivity contribution >= 4 is 23.2 Å². The van der Waals surface area contributed by atoms with Crippen molar-refractivity contribution in [3.63, 3.8) is 0 Å². The molecule has 1 saturated heterocycles. The van der Waals surface area contributed by atoms with Gasteiger partial charge in [-0.15, -0.1) is 0 Å². The van der Waals surface area contributed by atoms with Crippen LogP contribution in [0.25, 0.3) is 0 Å². The average Bonchev–Trinajstić information content (AvgIpc) is 3.23. The summed E-state index contributed by atoms with van der Waals surface area (Å²) in [6.45, 7) is 3.16. The fourth-order valence-electron chi connectivity index (χ4n) is 2.95. The summed E-state index contributed by atoms with van der Waals surface area (Å²) in [6, 6.07) is 12.3. The van der Waals surface area contributed by atoms with Crippen LogP contribution in [-0.2, 0) is 4.79 Å². The number of rotatable bonds is 6. The number of ether oxygens (including phenoxy) is 1. The smallest absolute Gasteiger partial charge is 0.269 e. The first-order valence-corrected chi connectivity index (χ1v) is 9.05. The highest BCUT2D eigenvalue weighted by atomic mass is 16.6. The molecule has 0 aromatic heterocycles. The summed E-state index contributed by atoms with van der Waals surface area (Å²) in [6.07, 6.45) is 1.27. The van der Waals surface area contributed by atoms with Crippen molar-refractivity contribution in [3.05, 3.63) is 64.2 Å². The highest BCUT2D eigenvalue weighted by Crippen LogP contribution is 2.19. The van der Waals surface area contributed by atoms with E-state index in [2.05, 4.69) is 5.32 Å². The molecule has 8 nitrogen and oxygen atoms in total. The molecule has 0 bridgehead atoms. The van der Waals surface area contributed by atoms with E-state index in [1.807, 2.05) is 4.90 Å². The lowest BCUT2D eigenvalue weighted by Crippen LogP contribution is -2.30. The molecule has 3 rings (SSSR count). The zero-order valence-corrected chi connectivity index (χ0v) is 15.5. The number of anilines is 1. The van der Waals surface area contributed by atoms with Gasteiger partial charge in [0, 0.05) is 36.5 Å². The molecule has 0 spiro atoms. The highest BCUT2D eigenvalue weighted by molar-refractivity contribution is 5.97. The normalized spacial score (nSPS) is 14.4. The van der Waals surface area contributed by atoms with Crippen LogP contribution in [0.1, 0.15) is 30.1 Å². The number of nitrogens with one attached hydrogen (secondary N) is 1. The number of nitro groups is 1. The molecular formula is C20H21N3O5. The van der Waals surface area contributed by atoms with Gasteiger partial charge in [0.05, 0.1) is 4.92 Å². The SMILES string of the molecule is CC(Oc1ccc([N+](=O)[O-])cc1)C(=O)Nc1ccc(C(=O)N2CCCC2)cc1. The Morgan fingerprint density at radius 2 is 1.68 bits per heavy atom. The zero-order valence-electron chi connectivity index (χ0n) is 15.5. The Morgan fingerprint density at radius 3 is 2.25 bits per heavy atom. The fourth-order valence-corrected chi connectivity index (χ4v) is 2.95. The first-order valence-electron chi connectivity index (χ1n) is 9.05. The van der Waals surface area contributed by atoms with Crippen molar-refractivity contribution in [2.24, 2.45) is 0 Å². The van der Waals surface area contributed by atoms with E-state index in [1.165, 1.54) is 24.3 Å². The van der Waals surface area contributed by atoms with Crippen LogP contribution >= 0.6 is 0 Å². The summed E-state index contributed by atoms with van der Waals surface area (Å²) in [5, 5.41) is 13.4. The summed E-state index contributed by atoms with van der Waals surface area (Å²) in [5.41, 5.74) is 1.10. The number of benzene rings is 2. The van der Waals surface area contributed by atoms with Crippen molar-refractivity contribution in [1.29, 1.82) is 0 Å². The summed E-state index contributed by atoms with van der Waals surface area (Å²) in [7, 11) is 0. The van der Waals surface area contributed by atoms with Gasteiger partial charge in [-0.1, -0.05) is 0 Å². The number of hydrogen-bond acceptors (Lipinski definition) is 5. The maximum Gasteiger partial charge on any atom is 0.269 e. The molecular weight excluding hydrogens is 362 g/mol. The molecule has 0 aliphatic carbocycles. The Bertz CT molecular complexity index is 858. The number of non-ortho nitro benzene ring substituents is 1. The lowest BCUT2D eigenvalue weighted by Gasteiger charge is -2.16. The number of likely N-dealkylation sites (tertiary alicyclic amines) is 1. The highest BCUT2D eigenvalue weighted by Gasteiger charge is 2.20. The quantitative estimate of drug-likeness (QED) is 0.609. The van der Waals surface area contributed by atoms with E-state index in [0.29, 0.717) is 17.0 Å². The van der Waals surface area contributed by atoms with Gasteiger partial charge in [-0.2, -0.15) is 0 Å². The van der Waals surface area contributed by atoms with E-state index in [-0.39, 0.29) is 17.5 Å². The fraction of sp³-hybridized carbons (Fsp3) is 0.300. The van der Waals surface area contributed by atoms with Crippen LogP contribution in [0, 0.1) is 10.1 Å². The standard InChI is InChI=1S/C20H21N3O5/c1-14(28-18-10-8-17(9-11-18)23(26)27)19(24)21-16-6-4-15(5-7-16)20(25)22-12-2-3-13-22/h4-11,14H,2-3,12-13H2,1H3,(H,21,24). The van der Waals surface area contributed by atoms with E-state index in [0.717, 1.165) is 25.9 Å². The molecule has 8 heteroatoms. The molecule has 146 valence electrons. The predicted molar refractivity (Wildman–Crippen MR) is 103 cm³/mol. The third-order valence-electron chi connectivity index (χ3n) is 4.52. The topological polar surface area (TPSA) is 102 Å². The minimum Gasteiger partial charge on any atom is -0.481 e. The van der Waals surface area contributed by atoms with Crippen molar-refractivity contribution in [1.82, 2.24) is 4.90 Å². The Kier molecular flexibility index (Phi) is 5.88. The number of carbonyl (C=O) groups excluding carboxylic acids is 2. The predicted octanol–water partition coefficient (Wildman–Crippen LogP) is 3.24. The Balaban J connectivity index is 1.56. The number of carbonyl (C=O) groups is 2. The van der Waals surface area contributed by atoms with Crippen LogP contribution in [0.3, 0.4) is 0 Å². The molecule has 1 fully saturated rings. The summed E-state index contributed by atoms with van der Waals surface area (Å²) >= 11 is 0. The van der Waals surface area contributed by atoms with Gasteiger partial charge < -0.3 is 15.0 Å². The molecule has 1 aliphatic rings. The third kappa shape index (κ3) is 4.64. The third-order valence-corrected chi connectivity index (χ3v) is 4.52. The van der Waals surface area contributed by atoms with Crippen molar-refractivity contribution in [3.8, 4) is 5.75 Å². The van der Waals surface area contributed by atoms with Crippen molar-refractivity contribution < 1.29 is 19.2 Å². The van der Waals surface area contributed by atoms with Crippen LogP contribution in [-0.4, -0.2) is 40.8 Å². The Hall–Kier alpha value is -3.42. The maximum absolute atomic E-state index is 12.3. The molecule has 0 radical (unpaired) electrons. The van der Waals surface area contributed by atoms with E-state index < -0.39 is 11.0 Å². The second-order valence-corrected chi connectivity index (χ2v) is 6.58. The van der Waals surface area contributed by atoms with Crippen molar-refractivity contribution in [2.45, 2.75) is 25.9 Å². The van der Waals surface area contributed by atoms with E-state index in [9.17, 15) is 19.7 Å². The number of hydrogen-bond donors (Lipinski definition) is 1. The minimum atomic E-state index is -0.799. The second kappa shape index (κ2) is 8.51. The second-order valence-electron chi connectivity index (χ2n) is 6.58. The summed E-state index contributed by atoms with van der Waals surface area (Å²) in [5.74, 6) is 0.00188. The van der Waals surface area contributed by atoms with Gasteiger partial charge in [0.15, 0.2) is 6.10 Å².